The van der Waals surface area contributed by atoms with Crippen molar-refractivity contribution in [2.75, 3.05) is 13.7 Å². The van der Waals surface area contributed by atoms with Gasteiger partial charge in [0.15, 0.2) is 11.5 Å². The van der Waals surface area contributed by atoms with Crippen molar-refractivity contribution in [2.24, 2.45) is 0 Å². The number of hydrogen-bond donors (Lipinski definition) is 1. The van der Waals surface area contributed by atoms with Crippen molar-refractivity contribution in [1.29, 1.82) is 0 Å². The Bertz CT molecular complexity index is 602. The minimum atomic E-state index is 0.262. The van der Waals surface area contributed by atoms with Gasteiger partial charge in [-0.25, -0.2) is 0 Å². The Morgan fingerprint density at radius 3 is 2.55 bits per heavy atom. The molecule has 2 aromatic rings. The third-order valence-corrected chi connectivity index (χ3v) is 3.77. The molecule has 2 aromatic carbocycles. The lowest BCUT2D eigenvalue weighted by atomic mass is 10.1. The fourth-order valence-electron chi connectivity index (χ4n) is 2.31. The van der Waals surface area contributed by atoms with Gasteiger partial charge in [0.05, 0.1) is 18.7 Å². The third kappa shape index (κ3) is 4.15. The van der Waals surface area contributed by atoms with Gasteiger partial charge in [-0.15, -0.1) is 0 Å². The third-order valence-electron chi connectivity index (χ3n) is 3.49. The van der Waals surface area contributed by atoms with Gasteiger partial charge < -0.3 is 14.8 Å². The fraction of sp³-hybridized carbons (Fsp3) is 0.333. The molecule has 2 rings (SSSR count). The molecule has 0 spiro atoms. The van der Waals surface area contributed by atoms with Gasteiger partial charge in [-0.2, -0.15) is 0 Å². The summed E-state index contributed by atoms with van der Waals surface area (Å²) in [6, 6.07) is 14.5. The highest BCUT2D eigenvalue weighted by molar-refractivity contribution is 6.32. The summed E-state index contributed by atoms with van der Waals surface area (Å²) in [6.07, 6.45) is 0. The van der Waals surface area contributed by atoms with Crippen LogP contribution in [-0.2, 0) is 6.54 Å². The fourth-order valence-corrected chi connectivity index (χ4v) is 2.63. The highest BCUT2D eigenvalue weighted by atomic mass is 35.5. The van der Waals surface area contributed by atoms with Crippen LogP contribution in [-0.4, -0.2) is 13.7 Å². The Kier molecular flexibility index (Phi) is 6.10. The zero-order valence-corrected chi connectivity index (χ0v) is 14.0. The molecule has 1 N–H and O–H groups in total. The van der Waals surface area contributed by atoms with Gasteiger partial charge in [0, 0.05) is 12.6 Å². The molecule has 0 heterocycles. The second kappa shape index (κ2) is 8.06. The summed E-state index contributed by atoms with van der Waals surface area (Å²) >= 11 is 6.27. The Morgan fingerprint density at radius 1 is 1.18 bits per heavy atom. The van der Waals surface area contributed by atoms with Crippen LogP contribution in [0.1, 0.15) is 31.0 Å². The van der Waals surface area contributed by atoms with E-state index in [2.05, 4.69) is 24.4 Å². The van der Waals surface area contributed by atoms with Gasteiger partial charge in [0.2, 0.25) is 0 Å². The number of ether oxygens (including phenoxy) is 2. The second-order valence-electron chi connectivity index (χ2n) is 5.06. The summed E-state index contributed by atoms with van der Waals surface area (Å²) in [6.45, 7) is 5.36. The molecule has 0 aliphatic carbocycles. The highest BCUT2D eigenvalue weighted by Gasteiger charge is 2.12. The van der Waals surface area contributed by atoms with E-state index in [1.165, 1.54) is 5.56 Å². The number of halogens is 1. The van der Waals surface area contributed by atoms with Gasteiger partial charge in [-0.3, -0.25) is 0 Å². The van der Waals surface area contributed by atoms with E-state index in [0.29, 0.717) is 29.7 Å². The van der Waals surface area contributed by atoms with Crippen molar-refractivity contribution >= 4 is 11.6 Å². The van der Waals surface area contributed by atoms with Crippen LogP contribution < -0.4 is 14.8 Å². The standard InChI is InChI=1S/C18H22ClNO2/c1-4-22-17-11-14(10-16(19)18(17)21-3)12-20-13(2)15-8-6-5-7-9-15/h5-11,13,20H,4,12H2,1-3H3/t13-/m1/s1. The number of benzene rings is 2. The van der Waals surface area contributed by atoms with Crippen LogP contribution >= 0.6 is 11.6 Å². The van der Waals surface area contributed by atoms with Gasteiger partial charge in [-0.1, -0.05) is 41.9 Å². The molecule has 1 atom stereocenters. The molecule has 0 fully saturated rings. The van der Waals surface area contributed by atoms with Crippen LogP contribution in [0.2, 0.25) is 5.02 Å². The molecule has 0 aromatic heterocycles. The molecule has 0 saturated heterocycles. The first-order chi connectivity index (χ1) is 10.7. The molecule has 3 nitrogen and oxygen atoms in total. The lowest BCUT2D eigenvalue weighted by Gasteiger charge is -2.16. The first-order valence-corrected chi connectivity index (χ1v) is 7.81. The van der Waals surface area contributed by atoms with Crippen LogP contribution in [0, 0.1) is 0 Å². The summed E-state index contributed by atoms with van der Waals surface area (Å²) in [5, 5.41) is 4.06. The van der Waals surface area contributed by atoms with Crippen molar-refractivity contribution in [3.8, 4) is 11.5 Å². The lowest BCUT2D eigenvalue weighted by Crippen LogP contribution is -2.18. The maximum atomic E-state index is 6.27. The van der Waals surface area contributed by atoms with E-state index in [1.807, 2.05) is 37.3 Å². The molecule has 0 aliphatic rings. The maximum absolute atomic E-state index is 6.27. The van der Waals surface area contributed by atoms with E-state index in [0.717, 1.165) is 5.56 Å². The second-order valence-corrected chi connectivity index (χ2v) is 5.46. The monoisotopic (exact) mass is 319 g/mol. The van der Waals surface area contributed by atoms with Crippen LogP contribution in [0.3, 0.4) is 0 Å². The van der Waals surface area contributed by atoms with Crippen LogP contribution in [0.25, 0.3) is 0 Å². The normalized spacial score (nSPS) is 12.0. The molecule has 4 heteroatoms. The summed E-state index contributed by atoms with van der Waals surface area (Å²) in [7, 11) is 1.60. The first-order valence-electron chi connectivity index (χ1n) is 7.43. The summed E-state index contributed by atoms with van der Waals surface area (Å²) in [5.41, 5.74) is 2.32. The molecule has 0 unspecified atom stereocenters. The number of hydrogen-bond acceptors (Lipinski definition) is 3. The van der Waals surface area contributed by atoms with Gasteiger partial charge in [0.1, 0.15) is 0 Å². The Morgan fingerprint density at radius 2 is 1.91 bits per heavy atom. The predicted octanol–water partition coefficient (Wildman–Crippen LogP) is 4.60. The van der Waals surface area contributed by atoms with E-state index >= 15 is 0 Å². The molecular weight excluding hydrogens is 298 g/mol. The molecule has 0 bridgehead atoms. The van der Waals surface area contributed by atoms with Crippen molar-refractivity contribution in [2.45, 2.75) is 26.4 Å². The van der Waals surface area contributed by atoms with Crippen molar-refractivity contribution in [3.63, 3.8) is 0 Å². The molecule has 118 valence electrons. The number of nitrogens with one attached hydrogen (secondary N) is 1. The van der Waals surface area contributed by atoms with Gasteiger partial charge in [0.25, 0.3) is 0 Å². The molecule has 0 radical (unpaired) electrons. The van der Waals surface area contributed by atoms with Crippen molar-refractivity contribution < 1.29 is 9.47 Å². The minimum absolute atomic E-state index is 0.262. The van der Waals surface area contributed by atoms with Crippen LogP contribution in [0.5, 0.6) is 11.5 Å². The smallest absolute Gasteiger partial charge is 0.179 e. The first kappa shape index (κ1) is 16.7. The van der Waals surface area contributed by atoms with Gasteiger partial charge in [-0.05, 0) is 37.1 Å². The van der Waals surface area contributed by atoms with Crippen LogP contribution in [0.15, 0.2) is 42.5 Å². The SMILES string of the molecule is CCOc1cc(CN[C@H](C)c2ccccc2)cc(Cl)c1OC. The van der Waals surface area contributed by atoms with Crippen LogP contribution in [0.4, 0.5) is 0 Å². The Hall–Kier alpha value is -1.71. The number of methoxy groups -OCH3 is 1. The molecule has 22 heavy (non-hydrogen) atoms. The van der Waals surface area contributed by atoms with E-state index in [9.17, 15) is 0 Å². The largest absolute Gasteiger partial charge is 0.491 e. The average molecular weight is 320 g/mol. The minimum Gasteiger partial charge on any atom is -0.491 e. The Balaban J connectivity index is 2.09. The quantitative estimate of drug-likeness (QED) is 0.809. The lowest BCUT2D eigenvalue weighted by molar-refractivity contribution is 0.310. The zero-order valence-electron chi connectivity index (χ0n) is 13.2. The van der Waals surface area contributed by atoms with E-state index < -0.39 is 0 Å². The van der Waals surface area contributed by atoms with Crippen molar-refractivity contribution in [1.82, 2.24) is 5.32 Å². The van der Waals surface area contributed by atoms with E-state index in [4.69, 9.17) is 21.1 Å². The van der Waals surface area contributed by atoms with E-state index in [-0.39, 0.29) is 6.04 Å². The summed E-state index contributed by atoms with van der Waals surface area (Å²) in [4.78, 5) is 0. The van der Waals surface area contributed by atoms with Crippen molar-refractivity contribution in [3.05, 3.63) is 58.6 Å². The zero-order chi connectivity index (χ0) is 15.9. The topological polar surface area (TPSA) is 30.5 Å². The summed E-state index contributed by atoms with van der Waals surface area (Å²) < 4.78 is 10.9. The van der Waals surface area contributed by atoms with E-state index in [1.54, 1.807) is 7.11 Å². The number of rotatable bonds is 7. The maximum Gasteiger partial charge on any atom is 0.179 e. The average Bonchev–Trinajstić information content (AvgIpc) is 2.53. The van der Waals surface area contributed by atoms with Gasteiger partial charge >= 0.3 is 0 Å². The molecular formula is C18H22ClNO2. The predicted molar refractivity (Wildman–Crippen MR) is 90.9 cm³/mol. The highest BCUT2D eigenvalue weighted by Crippen LogP contribution is 2.36. The molecule has 0 aliphatic heterocycles. The Labute approximate surface area is 137 Å². The molecule has 0 amide bonds. The molecule has 0 saturated carbocycles. The summed E-state index contributed by atoms with van der Waals surface area (Å²) in [5.74, 6) is 1.27.